The largest absolute Gasteiger partial charge is 0.481 e. The van der Waals surface area contributed by atoms with Crippen molar-refractivity contribution >= 4 is 21.9 Å². The smallest absolute Gasteiger partial charge is 0.305 e. The van der Waals surface area contributed by atoms with Crippen LogP contribution in [-0.2, 0) is 19.6 Å². The molecule has 0 aromatic carbocycles. The molecule has 1 aliphatic carbocycles. The molecule has 1 aliphatic heterocycles. The Morgan fingerprint density at radius 3 is 2.67 bits per heavy atom. The second kappa shape index (κ2) is 4.85. The fourth-order valence-corrected chi connectivity index (χ4v) is 4.11. The van der Waals surface area contributed by atoms with Crippen molar-refractivity contribution in [3.63, 3.8) is 0 Å². The molecular weight excluding hydrogens is 260 g/mol. The van der Waals surface area contributed by atoms with Gasteiger partial charge in [0, 0.05) is 13.1 Å². The summed E-state index contributed by atoms with van der Waals surface area (Å²) < 4.78 is 25.3. The number of amides is 1. The summed E-state index contributed by atoms with van der Waals surface area (Å²) in [5, 5.41) is 11.3. The molecule has 1 unspecified atom stereocenters. The van der Waals surface area contributed by atoms with E-state index in [1.54, 1.807) is 0 Å². The van der Waals surface area contributed by atoms with E-state index in [0.29, 0.717) is 0 Å². The van der Waals surface area contributed by atoms with Crippen LogP contribution in [0.5, 0.6) is 0 Å². The van der Waals surface area contributed by atoms with Crippen LogP contribution >= 0.6 is 0 Å². The average Bonchev–Trinajstić information content (AvgIpc) is 3.03. The number of rotatable bonds is 5. The summed E-state index contributed by atoms with van der Waals surface area (Å²) in [6, 6.07) is -1.11. The van der Waals surface area contributed by atoms with Crippen LogP contribution in [0.4, 0.5) is 0 Å². The van der Waals surface area contributed by atoms with E-state index < -0.39 is 34.4 Å². The molecule has 2 rings (SSSR count). The predicted octanol–water partition coefficient (Wildman–Crippen LogP) is -0.999. The average molecular weight is 276 g/mol. The van der Waals surface area contributed by atoms with Crippen LogP contribution in [0, 0.1) is 5.92 Å². The molecule has 1 saturated heterocycles. The molecule has 102 valence electrons. The van der Waals surface area contributed by atoms with Crippen molar-refractivity contribution in [1.82, 2.24) is 9.62 Å². The van der Waals surface area contributed by atoms with E-state index in [1.807, 2.05) is 0 Å². The van der Waals surface area contributed by atoms with Gasteiger partial charge >= 0.3 is 5.97 Å². The molecule has 0 radical (unpaired) electrons. The molecule has 8 heteroatoms. The van der Waals surface area contributed by atoms with Crippen LogP contribution in [0.3, 0.4) is 0 Å². The molecule has 0 aromatic rings. The number of carboxylic acids is 1. The summed E-state index contributed by atoms with van der Waals surface area (Å²) >= 11 is 0. The standard InChI is InChI=1S/C10H16N2O5S/c13-9(14)5-8-10(15)11-3-4-12(8)18(16,17)6-7-1-2-7/h7-8H,1-6H2,(H,11,15)(H,13,14). The molecule has 1 atom stereocenters. The third-order valence-corrected chi connectivity index (χ3v) is 5.19. The number of nitrogens with one attached hydrogen (secondary N) is 1. The number of carbonyl (C=O) groups excluding carboxylic acids is 1. The molecule has 1 amide bonds. The Labute approximate surface area is 105 Å². The van der Waals surface area contributed by atoms with E-state index >= 15 is 0 Å². The molecule has 1 heterocycles. The van der Waals surface area contributed by atoms with Gasteiger partial charge in [-0.05, 0) is 18.8 Å². The second-order valence-electron chi connectivity index (χ2n) is 4.74. The minimum Gasteiger partial charge on any atom is -0.481 e. The van der Waals surface area contributed by atoms with Crippen molar-refractivity contribution in [2.45, 2.75) is 25.3 Å². The summed E-state index contributed by atoms with van der Waals surface area (Å²) in [5.74, 6) is -1.51. The highest BCUT2D eigenvalue weighted by atomic mass is 32.2. The zero-order valence-corrected chi connectivity index (χ0v) is 10.6. The summed E-state index contributed by atoms with van der Waals surface area (Å²) in [6.45, 7) is 0.386. The first-order valence-electron chi connectivity index (χ1n) is 5.89. The summed E-state index contributed by atoms with van der Waals surface area (Å²) in [4.78, 5) is 22.3. The number of hydrogen-bond acceptors (Lipinski definition) is 4. The summed E-state index contributed by atoms with van der Waals surface area (Å²) in [5.41, 5.74) is 0. The molecule has 0 bridgehead atoms. The minimum atomic E-state index is -3.54. The lowest BCUT2D eigenvalue weighted by atomic mass is 10.1. The zero-order chi connectivity index (χ0) is 13.3. The highest BCUT2D eigenvalue weighted by Crippen LogP contribution is 2.32. The number of sulfonamides is 1. The minimum absolute atomic E-state index is 0.0242. The fourth-order valence-electron chi connectivity index (χ4n) is 2.06. The quantitative estimate of drug-likeness (QED) is 0.670. The third-order valence-electron chi connectivity index (χ3n) is 3.15. The van der Waals surface area contributed by atoms with Gasteiger partial charge in [-0.2, -0.15) is 4.31 Å². The van der Waals surface area contributed by atoms with E-state index in [2.05, 4.69) is 5.32 Å². The first-order chi connectivity index (χ1) is 8.40. The van der Waals surface area contributed by atoms with E-state index in [0.717, 1.165) is 17.1 Å². The first-order valence-corrected chi connectivity index (χ1v) is 7.50. The Morgan fingerprint density at radius 2 is 2.11 bits per heavy atom. The lowest BCUT2D eigenvalue weighted by molar-refractivity contribution is -0.141. The van der Waals surface area contributed by atoms with Gasteiger partial charge in [-0.3, -0.25) is 9.59 Å². The topological polar surface area (TPSA) is 104 Å². The van der Waals surface area contributed by atoms with E-state index in [-0.39, 0.29) is 24.8 Å². The van der Waals surface area contributed by atoms with Crippen LogP contribution in [0.25, 0.3) is 0 Å². The number of carboxylic acid groups (broad SMARTS) is 1. The van der Waals surface area contributed by atoms with Crippen molar-refractivity contribution in [3.05, 3.63) is 0 Å². The van der Waals surface area contributed by atoms with Crippen molar-refractivity contribution in [1.29, 1.82) is 0 Å². The number of carbonyl (C=O) groups is 2. The molecule has 2 aliphatic rings. The van der Waals surface area contributed by atoms with Gasteiger partial charge in [0.2, 0.25) is 15.9 Å². The SMILES string of the molecule is O=C(O)CC1C(=O)NCCN1S(=O)(=O)CC1CC1. The van der Waals surface area contributed by atoms with Gasteiger partial charge in [0.1, 0.15) is 6.04 Å². The van der Waals surface area contributed by atoms with E-state index in [1.165, 1.54) is 0 Å². The molecule has 1 saturated carbocycles. The van der Waals surface area contributed by atoms with Crippen LogP contribution in [0.2, 0.25) is 0 Å². The van der Waals surface area contributed by atoms with E-state index in [4.69, 9.17) is 5.11 Å². The number of piperazine rings is 1. The van der Waals surface area contributed by atoms with Gasteiger partial charge in [-0.15, -0.1) is 0 Å². The number of hydrogen-bond donors (Lipinski definition) is 2. The lowest BCUT2D eigenvalue weighted by Gasteiger charge is -2.33. The maximum Gasteiger partial charge on any atom is 0.305 e. The highest BCUT2D eigenvalue weighted by Gasteiger charge is 2.41. The Morgan fingerprint density at radius 1 is 1.44 bits per heavy atom. The fraction of sp³-hybridized carbons (Fsp3) is 0.800. The van der Waals surface area contributed by atoms with Gasteiger partial charge in [-0.1, -0.05) is 0 Å². The Bertz CT molecular complexity index is 457. The summed E-state index contributed by atoms with van der Waals surface area (Å²) in [6.07, 6.45) is 1.29. The van der Waals surface area contributed by atoms with Crippen molar-refractivity contribution in [2.24, 2.45) is 5.92 Å². The normalized spacial score (nSPS) is 25.8. The molecule has 7 nitrogen and oxygen atoms in total. The predicted molar refractivity (Wildman–Crippen MR) is 62.3 cm³/mol. The molecule has 18 heavy (non-hydrogen) atoms. The Balaban J connectivity index is 2.15. The van der Waals surface area contributed by atoms with Crippen molar-refractivity contribution in [2.75, 3.05) is 18.8 Å². The molecular formula is C10H16N2O5S. The van der Waals surface area contributed by atoms with Crippen LogP contribution in [0.1, 0.15) is 19.3 Å². The molecule has 0 spiro atoms. The molecule has 2 N–H and O–H groups in total. The van der Waals surface area contributed by atoms with E-state index in [9.17, 15) is 18.0 Å². The Kier molecular flexibility index (Phi) is 3.58. The van der Waals surface area contributed by atoms with Gasteiger partial charge in [0.05, 0.1) is 12.2 Å². The maximum atomic E-state index is 12.1. The number of aliphatic carboxylic acids is 1. The Hall–Kier alpha value is -1.15. The van der Waals surface area contributed by atoms with Gasteiger partial charge in [0.15, 0.2) is 0 Å². The second-order valence-corrected chi connectivity index (χ2v) is 6.70. The zero-order valence-electron chi connectivity index (χ0n) is 9.83. The first kappa shape index (κ1) is 13.3. The van der Waals surface area contributed by atoms with Crippen molar-refractivity contribution < 1.29 is 23.1 Å². The maximum absolute atomic E-state index is 12.1. The van der Waals surface area contributed by atoms with Crippen LogP contribution in [0.15, 0.2) is 0 Å². The van der Waals surface area contributed by atoms with Gasteiger partial charge < -0.3 is 10.4 Å². The molecule has 2 fully saturated rings. The van der Waals surface area contributed by atoms with Crippen LogP contribution < -0.4 is 5.32 Å². The van der Waals surface area contributed by atoms with Gasteiger partial charge in [0.25, 0.3) is 0 Å². The third kappa shape index (κ3) is 2.99. The highest BCUT2D eigenvalue weighted by molar-refractivity contribution is 7.89. The monoisotopic (exact) mass is 276 g/mol. The van der Waals surface area contributed by atoms with Gasteiger partial charge in [-0.25, -0.2) is 8.42 Å². The van der Waals surface area contributed by atoms with Crippen molar-refractivity contribution in [3.8, 4) is 0 Å². The lowest BCUT2D eigenvalue weighted by Crippen LogP contribution is -2.58. The van der Waals surface area contributed by atoms with Crippen LogP contribution in [-0.4, -0.2) is 54.6 Å². The summed E-state index contributed by atoms with van der Waals surface area (Å²) in [7, 11) is -3.54. The number of nitrogens with zero attached hydrogens (tertiary/aromatic N) is 1. The molecule has 0 aromatic heterocycles.